The Hall–Kier alpha value is -0.266. The third-order valence-electron chi connectivity index (χ3n) is 1.75. The van der Waals surface area contributed by atoms with Crippen LogP contribution >= 0.6 is 0 Å². The van der Waals surface area contributed by atoms with Crippen molar-refractivity contribution < 1.29 is 0 Å². The smallest absolute Gasteiger partial charge is 0.129 e. The van der Waals surface area contributed by atoms with Crippen molar-refractivity contribution in [2.24, 2.45) is 0 Å². The summed E-state index contributed by atoms with van der Waals surface area (Å²) in [6.45, 7) is 14.0. The van der Waals surface area contributed by atoms with E-state index >= 15 is 0 Å². The predicted molar refractivity (Wildman–Crippen MR) is 77.5 cm³/mol. The molecular weight excluding hydrogens is 212 g/mol. The Labute approximate surface area is 98.2 Å². The first-order chi connectivity index (χ1) is 6.71. The van der Waals surface area contributed by atoms with Crippen molar-refractivity contribution >= 4 is 16.1 Å². The van der Waals surface area contributed by atoms with E-state index in [1.54, 1.807) is 0 Å². The molecule has 0 aliphatic carbocycles. The number of rotatable bonds is 4. The lowest BCUT2D eigenvalue weighted by Crippen LogP contribution is -2.16. The minimum Gasteiger partial charge on any atom is -0.132 e. The van der Waals surface area contributed by atoms with Gasteiger partial charge < -0.3 is 0 Å². The van der Waals surface area contributed by atoms with Crippen LogP contribution in [0.25, 0.3) is 0 Å². The van der Waals surface area contributed by atoms with Gasteiger partial charge in [0.05, 0.1) is 8.07 Å². The molecule has 0 aliphatic heterocycles. The maximum atomic E-state index is 3.40. The molecular formula is C13H26Si2. The van der Waals surface area contributed by atoms with Crippen molar-refractivity contribution in [3.05, 3.63) is 11.8 Å². The Balaban J connectivity index is 3.64. The predicted octanol–water partition coefficient (Wildman–Crippen LogP) is 4.47. The number of hydrogen-bond donors (Lipinski definition) is 0. The molecule has 0 bridgehead atoms. The average Bonchev–Trinajstić information content (AvgIpc) is 1.98. The molecule has 0 aromatic heterocycles. The van der Waals surface area contributed by atoms with Gasteiger partial charge in [0.25, 0.3) is 0 Å². The van der Waals surface area contributed by atoms with Crippen LogP contribution < -0.4 is 0 Å². The van der Waals surface area contributed by atoms with Crippen molar-refractivity contribution in [1.29, 1.82) is 0 Å². The summed E-state index contributed by atoms with van der Waals surface area (Å²) in [6, 6.07) is 0. The summed E-state index contributed by atoms with van der Waals surface area (Å²) in [5, 5.41) is 0. The highest BCUT2D eigenvalue weighted by molar-refractivity contribution is 6.83. The standard InChI is InChI=1S/C13H26Si2/c1-14(2,3)12-10-8-7-9-11-13-15(4,5)6/h10,12H,7-9H2,1-6H3/b12-10-. The van der Waals surface area contributed by atoms with Crippen LogP contribution in [0.1, 0.15) is 19.3 Å². The highest BCUT2D eigenvalue weighted by Gasteiger charge is 2.07. The lowest BCUT2D eigenvalue weighted by molar-refractivity contribution is 0.886. The van der Waals surface area contributed by atoms with Crippen LogP contribution in [0.15, 0.2) is 11.8 Å². The third kappa shape index (κ3) is 13.7. The van der Waals surface area contributed by atoms with Gasteiger partial charge in [-0.3, -0.25) is 0 Å². The molecule has 0 heterocycles. The molecule has 15 heavy (non-hydrogen) atoms. The summed E-state index contributed by atoms with van der Waals surface area (Å²) in [5.74, 6) is 3.31. The topological polar surface area (TPSA) is 0 Å². The monoisotopic (exact) mass is 238 g/mol. The molecule has 0 aliphatic rings. The number of allylic oxidation sites excluding steroid dienone is 1. The van der Waals surface area contributed by atoms with Crippen LogP contribution in [0.4, 0.5) is 0 Å². The van der Waals surface area contributed by atoms with E-state index < -0.39 is 16.1 Å². The highest BCUT2D eigenvalue weighted by atomic mass is 28.3. The largest absolute Gasteiger partial charge is 0.132 e. The van der Waals surface area contributed by atoms with E-state index in [0.717, 1.165) is 6.42 Å². The van der Waals surface area contributed by atoms with Crippen molar-refractivity contribution in [3.63, 3.8) is 0 Å². The lowest BCUT2D eigenvalue weighted by Gasteiger charge is -2.07. The van der Waals surface area contributed by atoms with Crippen LogP contribution in [0, 0.1) is 11.5 Å². The molecule has 86 valence electrons. The van der Waals surface area contributed by atoms with Gasteiger partial charge in [-0.2, -0.15) is 0 Å². The highest BCUT2D eigenvalue weighted by Crippen LogP contribution is 2.05. The normalized spacial score (nSPS) is 12.7. The van der Waals surface area contributed by atoms with Gasteiger partial charge in [0.2, 0.25) is 0 Å². The van der Waals surface area contributed by atoms with Crippen molar-refractivity contribution in [3.8, 4) is 11.5 Å². The molecule has 0 saturated carbocycles. The third-order valence-corrected chi connectivity index (χ3v) is 3.92. The zero-order chi connectivity index (χ0) is 11.9. The van der Waals surface area contributed by atoms with E-state index in [1.165, 1.54) is 12.8 Å². The van der Waals surface area contributed by atoms with Gasteiger partial charge >= 0.3 is 0 Å². The van der Waals surface area contributed by atoms with E-state index in [9.17, 15) is 0 Å². The summed E-state index contributed by atoms with van der Waals surface area (Å²) in [4.78, 5) is 0. The fourth-order valence-corrected chi connectivity index (χ4v) is 2.60. The Bertz CT molecular complexity index is 253. The zero-order valence-electron chi connectivity index (χ0n) is 11.3. The van der Waals surface area contributed by atoms with Crippen LogP contribution in [0.5, 0.6) is 0 Å². The maximum Gasteiger partial charge on any atom is 0.129 e. The number of hydrogen-bond acceptors (Lipinski definition) is 0. The summed E-state index contributed by atoms with van der Waals surface area (Å²) in [7, 11) is -2.09. The van der Waals surface area contributed by atoms with E-state index in [4.69, 9.17) is 0 Å². The van der Waals surface area contributed by atoms with E-state index in [2.05, 4.69) is 62.5 Å². The molecule has 2 heteroatoms. The molecule has 0 N–H and O–H groups in total. The minimum atomic E-state index is -1.13. The van der Waals surface area contributed by atoms with Crippen LogP contribution in [-0.2, 0) is 0 Å². The second kappa shape index (κ2) is 6.35. The van der Waals surface area contributed by atoms with E-state index in [1.807, 2.05) is 0 Å². The first kappa shape index (κ1) is 14.7. The summed E-state index contributed by atoms with van der Waals surface area (Å²) in [5.41, 5.74) is 5.83. The molecule has 0 amide bonds. The Kier molecular flexibility index (Phi) is 6.23. The Morgan fingerprint density at radius 1 is 1.00 bits per heavy atom. The second-order valence-electron chi connectivity index (χ2n) is 6.21. The Morgan fingerprint density at radius 3 is 2.07 bits per heavy atom. The molecule has 0 radical (unpaired) electrons. The van der Waals surface area contributed by atoms with Gasteiger partial charge in [0.15, 0.2) is 0 Å². The van der Waals surface area contributed by atoms with Gasteiger partial charge in [-0.1, -0.05) is 51.1 Å². The van der Waals surface area contributed by atoms with E-state index in [0.29, 0.717) is 0 Å². The average molecular weight is 239 g/mol. The first-order valence-electron chi connectivity index (χ1n) is 5.88. The number of unbranched alkanes of at least 4 members (excludes halogenated alkanes) is 2. The molecule has 0 unspecified atom stereocenters. The van der Waals surface area contributed by atoms with Crippen molar-refractivity contribution in [2.75, 3.05) is 0 Å². The summed E-state index contributed by atoms with van der Waals surface area (Å²) in [6.07, 6.45) is 5.84. The van der Waals surface area contributed by atoms with Gasteiger partial charge in [-0.25, -0.2) is 0 Å². The van der Waals surface area contributed by atoms with Gasteiger partial charge in [0, 0.05) is 6.42 Å². The van der Waals surface area contributed by atoms with Gasteiger partial charge in [-0.05, 0) is 12.8 Å². The van der Waals surface area contributed by atoms with Crippen molar-refractivity contribution in [2.45, 2.75) is 58.5 Å². The van der Waals surface area contributed by atoms with Crippen LogP contribution in [-0.4, -0.2) is 16.1 Å². The molecule has 0 atom stereocenters. The molecule has 0 spiro atoms. The molecule has 0 nitrogen and oxygen atoms in total. The van der Waals surface area contributed by atoms with Crippen LogP contribution in [0.2, 0.25) is 39.3 Å². The quantitative estimate of drug-likeness (QED) is 0.385. The maximum absolute atomic E-state index is 3.40. The van der Waals surface area contributed by atoms with Crippen molar-refractivity contribution in [1.82, 2.24) is 0 Å². The summed E-state index contributed by atoms with van der Waals surface area (Å²) < 4.78 is 0. The first-order valence-corrected chi connectivity index (χ1v) is 13.0. The van der Waals surface area contributed by atoms with Gasteiger partial charge in [-0.15, -0.1) is 11.5 Å². The van der Waals surface area contributed by atoms with Crippen LogP contribution in [0.3, 0.4) is 0 Å². The minimum absolute atomic E-state index is 0.965. The Morgan fingerprint density at radius 2 is 1.60 bits per heavy atom. The van der Waals surface area contributed by atoms with Gasteiger partial charge in [0.1, 0.15) is 8.07 Å². The van der Waals surface area contributed by atoms with E-state index in [-0.39, 0.29) is 0 Å². The molecule has 0 saturated heterocycles. The zero-order valence-corrected chi connectivity index (χ0v) is 13.3. The molecule has 0 fully saturated rings. The lowest BCUT2D eigenvalue weighted by atomic mass is 10.2. The molecule has 0 aromatic rings. The second-order valence-corrected chi connectivity index (χ2v) is 16.0. The summed E-state index contributed by atoms with van der Waals surface area (Å²) >= 11 is 0. The SMILES string of the molecule is C[Si](C)(C)C#CCCC/C=C\[Si](C)(C)C. The molecule has 0 aromatic carbocycles. The fourth-order valence-electron chi connectivity index (χ4n) is 1.07. The fraction of sp³-hybridized carbons (Fsp3) is 0.692. The molecule has 0 rings (SSSR count).